The van der Waals surface area contributed by atoms with E-state index in [2.05, 4.69) is 17.4 Å². The Morgan fingerprint density at radius 2 is 2.42 bits per heavy atom. The van der Waals surface area contributed by atoms with Gasteiger partial charge in [-0.1, -0.05) is 12.1 Å². The van der Waals surface area contributed by atoms with Crippen LogP contribution in [-0.2, 0) is 0 Å². The van der Waals surface area contributed by atoms with E-state index in [4.69, 9.17) is 4.52 Å². The number of carbonyl (C=O) groups excluding carboxylic acids is 1. The van der Waals surface area contributed by atoms with Crippen LogP contribution >= 0.6 is 11.8 Å². The zero-order valence-electron chi connectivity index (χ0n) is 11.7. The van der Waals surface area contributed by atoms with Crippen LogP contribution in [0.3, 0.4) is 0 Å². The van der Waals surface area contributed by atoms with E-state index in [-0.39, 0.29) is 6.03 Å². The number of anilines is 1. The summed E-state index contributed by atoms with van der Waals surface area (Å²) in [5, 5.41) is 7.23. The van der Waals surface area contributed by atoms with Gasteiger partial charge in [-0.25, -0.2) is 4.79 Å². The fourth-order valence-corrected chi connectivity index (χ4v) is 3.58. The van der Waals surface area contributed by atoms with Crippen LogP contribution in [0.1, 0.15) is 31.9 Å². The number of amides is 2. The summed E-state index contributed by atoms with van der Waals surface area (Å²) in [6.07, 6.45) is 3.36. The van der Waals surface area contributed by atoms with Gasteiger partial charge in [0.15, 0.2) is 5.82 Å². The first-order valence-corrected chi connectivity index (χ1v) is 7.73. The van der Waals surface area contributed by atoms with Crippen molar-refractivity contribution in [2.75, 3.05) is 18.1 Å². The Kier molecular flexibility index (Phi) is 4.74. The third kappa shape index (κ3) is 3.65. The zero-order chi connectivity index (χ0) is 13.8. The molecule has 106 valence electrons. The second kappa shape index (κ2) is 6.32. The molecule has 1 N–H and O–H groups in total. The van der Waals surface area contributed by atoms with Gasteiger partial charge in [0.25, 0.3) is 0 Å². The Labute approximate surface area is 118 Å². The fourth-order valence-electron chi connectivity index (χ4n) is 2.45. The van der Waals surface area contributed by atoms with E-state index in [9.17, 15) is 4.79 Å². The Balaban J connectivity index is 1.86. The van der Waals surface area contributed by atoms with Crippen molar-refractivity contribution < 1.29 is 9.32 Å². The van der Waals surface area contributed by atoms with Gasteiger partial charge in [0.2, 0.25) is 0 Å². The fraction of sp³-hybridized carbons (Fsp3) is 0.692. The van der Waals surface area contributed by atoms with Crippen LogP contribution < -0.4 is 5.32 Å². The van der Waals surface area contributed by atoms with E-state index < -0.39 is 0 Å². The molecule has 2 rings (SSSR count). The molecule has 5 nitrogen and oxygen atoms in total. The lowest BCUT2D eigenvalue weighted by Gasteiger charge is -2.24. The first-order chi connectivity index (χ1) is 9.10. The molecule has 0 unspecified atom stereocenters. The number of aromatic nitrogens is 1. The summed E-state index contributed by atoms with van der Waals surface area (Å²) < 4.78 is 4.93. The van der Waals surface area contributed by atoms with Crippen molar-refractivity contribution in [1.82, 2.24) is 10.1 Å². The van der Waals surface area contributed by atoms with Gasteiger partial charge >= 0.3 is 6.03 Å². The number of hydrogen-bond donors (Lipinski definition) is 1. The largest absolute Gasteiger partial charge is 0.360 e. The van der Waals surface area contributed by atoms with Crippen molar-refractivity contribution in [3.05, 3.63) is 11.8 Å². The standard InChI is InChI=1S/C13H21N3O2S/c1-4-19-11-6-5-10(8-11)16(3)13(17)14-12-7-9(2)18-15-12/h7,10-11H,4-6,8H2,1-3H3,(H,14,15,17)/t10-,11-/m1/s1. The maximum atomic E-state index is 12.1. The average molecular weight is 283 g/mol. The van der Waals surface area contributed by atoms with Gasteiger partial charge in [-0.05, 0) is 31.9 Å². The van der Waals surface area contributed by atoms with Crippen LogP contribution in [0.15, 0.2) is 10.6 Å². The van der Waals surface area contributed by atoms with Gasteiger partial charge in [-0.3, -0.25) is 5.32 Å². The highest BCUT2D eigenvalue weighted by molar-refractivity contribution is 7.99. The van der Waals surface area contributed by atoms with Crippen molar-refractivity contribution in [1.29, 1.82) is 0 Å². The number of nitrogens with zero attached hydrogens (tertiary/aromatic N) is 2. The van der Waals surface area contributed by atoms with Gasteiger partial charge in [0.05, 0.1) is 0 Å². The molecule has 1 aliphatic carbocycles. The smallest absolute Gasteiger partial charge is 0.323 e. The summed E-state index contributed by atoms with van der Waals surface area (Å²) in [6, 6.07) is 1.94. The number of hydrogen-bond acceptors (Lipinski definition) is 4. The summed E-state index contributed by atoms with van der Waals surface area (Å²) in [7, 11) is 1.85. The highest BCUT2D eigenvalue weighted by atomic mass is 32.2. The van der Waals surface area contributed by atoms with E-state index in [1.165, 1.54) is 6.42 Å². The maximum Gasteiger partial charge on any atom is 0.323 e. The second-order valence-electron chi connectivity index (χ2n) is 4.91. The molecule has 19 heavy (non-hydrogen) atoms. The molecule has 0 aliphatic heterocycles. The molecule has 1 heterocycles. The maximum absolute atomic E-state index is 12.1. The molecule has 1 aliphatic rings. The molecule has 1 saturated carbocycles. The molecule has 6 heteroatoms. The third-order valence-electron chi connectivity index (χ3n) is 3.49. The summed E-state index contributed by atoms with van der Waals surface area (Å²) in [5.41, 5.74) is 0. The van der Waals surface area contributed by atoms with Crippen LogP contribution in [0.4, 0.5) is 10.6 Å². The summed E-state index contributed by atoms with van der Waals surface area (Å²) in [4.78, 5) is 13.9. The minimum atomic E-state index is -0.111. The van der Waals surface area contributed by atoms with E-state index in [1.54, 1.807) is 17.9 Å². The molecule has 1 aromatic rings. The highest BCUT2D eigenvalue weighted by Gasteiger charge is 2.30. The molecule has 0 bridgehead atoms. The van der Waals surface area contributed by atoms with Crippen molar-refractivity contribution in [2.45, 2.75) is 44.4 Å². The Morgan fingerprint density at radius 1 is 1.63 bits per heavy atom. The Morgan fingerprint density at radius 3 is 3.05 bits per heavy atom. The monoisotopic (exact) mass is 283 g/mol. The number of nitrogens with one attached hydrogen (secondary N) is 1. The number of thioether (sulfide) groups is 1. The predicted molar refractivity (Wildman–Crippen MR) is 77.6 cm³/mol. The van der Waals surface area contributed by atoms with E-state index in [0.717, 1.165) is 18.6 Å². The van der Waals surface area contributed by atoms with Gasteiger partial charge < -0.3 is 9.42 Å². The number of urea groups is 1. The molecule has 1 fully saturated rings. The molecular formula is C13H21N3O2S. The quantitative estimate of drug-likeness (QED) is 0.922. The number of carbonyl (C=O) groups is 1. The van der Waals surface area contributed by atoms with Crippen LogP contribution in [0, 0.1) is 6.92 Å². The lowest BCUT2D eigenvalue weighted by Crippen LogP contribution is -2.38. The van der Waals surface area contributed by atoms with Gasteiger partial charge in [0.1, 0.15) is 5.76 Å². The first kappa shape index (κ1) is 14.2. The molecule has 0 spiro atoms. The van der Waals surface area contributed by atoms with E-state index in [1.807, 2.05) is 18.8 Å². The molecule has 1 aromatic heterocycles. The predicted octanol–water partition coefficient (Wildman–Crippen LogP) is 3.12. The summed E-state index contributed by atoms with van der Waals surface area (Å²) >= 11 is 1.99. The van der Waals surface area contributed by atoms with Crippen LogP contribution in [0.2, 0.25) is 0 Å². The first-order valence-electron chi connectivity index (χ1n) is 6.69. The minimum Gasteiger partial charge on any atom is -0.360 e. The summed E-state index contributed by atoms with van der Waals surface area (Å²) in [6.45, 7) is 3.98. The van der Waals surface area contributed by atoms with E-state index in [0.29, 0.717) is 22.9 Å². The SMILES string of the molecule is CCS[C@@H]1CC[C@@H](N(C)C(=O)Nc2cc(C)on2)C1. The second-order valence-corrected chi connectivity index (χ2v) is 6.49. The van der Waals surface area contributed by atoms with Crippen LogP contribution in [-0.4, -0.2) is 40.2 Å². The Bertz CT molecular complexity index is 435. The average Bonchev–Trinajstić information content (AvgIpc) is 2.98. The van der Waals surface area contributed by atoms with Crippen LogP contribution in [0.25, 0.3) is 0 Å². The van der Waals surface area contributed by atoms with Crippen molar-refractivity contribution in [2.24, 2.45) is 0 Å². The molecule has 0 radical (unpaired) electrons. The highest BCUT2D eigenvalue weighted by Crippen LogP contribution is 2.32. The lowest BCUT2D eigenvalue weighted by atomic mass is 10.2. The van der Waals surface area contributed by atoms with Gasteiger partial charge in [-0.2, -0.15) is 11.8 Å². The molecule has 0 saturated heterocycles. The van der Waals surface area contributed by atoms with Crippen LogP contribution in [0.5, 0.6) is 0 Å². The number of aryl methyl sites for hydroxylation is 1. The third-order valence-corrected chi connectivity index (χ3v) is 4.72. The van der Waals surface area contributed by atoms with Gasteiger partial charge in [-0.15, -0.1) is 0 Å². The topological polar surface area (TPSA) is 58.4 Å². The molecule has 0 aromatic carbocycles. The lowest BCUT2D eigenvalue weighted by molar-refractivity contribution is 0.204. The molecule has 2 amide bonds. The molecule has 2 atom stereocenters. The Hall–Kier alpha value is -1.17. The normalized spacial score (nSPS) is 22.5. The van der Waals surface area contributed by atoms with Crippen molar-refractivity contribution in [3.63, 3.8) is 0 Å². The number of rotatable bonds is 4. The minimum absolute atomic E-state index is 0.111. The van der Waals surface area contributed by atoms with Crippen molar-refractivity contribution >= 4 is 23.6 Å². The van der Waals surface area contributed by atoms with Crippen molar-refractivity contribution in [3.8, 4) is 0 Å². The van der Waals surface area contributed by atoms with Gasteiger partial charge in [0, 0.05) is 24.4 Å². The van der Waals surface area contributed by atoms with E-state index >= 15 is 0 Å². The summed E-state index contributed by atoms with van der Waals surface area (Å²) in [5.74, 6) is 2.32. The molecular weight excluding hydrogens is 262 g/mol. The zero-order valence-corrected chi connectivity index (χ0v) is 12.5.